The van der Waals surface area contributed by atoms with E-state index in [1.807, 2.05) is 49.4 Å². The minimum atomic E-state index is -0.219. The molecule has 2 rings (SSSR count). The summed E-state index contributed by atoms with van der Waals surface area (Å²) >= 11 is 0. The molecular formula is C18H21NO3. The number of methoxy groups -OCH3 is 2. The number of carbonyl (C=O) groups is 1. The van der Waals surface area contributed by atoms with Crippen LogP contribution in [0.3, 0.4) is 0 Å². The first-order valence-electron chi connectivity index (χ1n) is 7.15. The molecule has 0 spiro atoms. The zero-order valence-corrected chi connectivity index (χ0v) is 13.1. The normalized spacial score (nSPS) is 11.8. The summed E-state index contributed by atoms with van der Waals surface area (Å²) < 4.78 is 10.7. The molecule has 2 aromatic rings. The van der Waals surface area contributed by atoms with Crippen LogP contribution in [0.15, 0.2) is 48.5 Å². The maximum Gasteiger partial charge on any atom is 0.251 e. The summed E-state index contributed by atoms with van der Waals surface area (Å²) in [6.45, 7) is 2.36. The van der Waals surface area contributed by atoms with Crippen LogP contribution in [0.5, 0.6) is 5.75 Å². The van der Waals surface area contributed by atoms with Gasteiger partial charge >= 0.3 is 0 Å². The number of nitrogens with one attached hydrogen (secondary N) is 1. The highest BCUT2D eigenvalue weighted by Gasteiger charge is 2.13. The van der Waals surface area contributed by atoms with Gasteiger partial charge in [-0.3, -0.25) is 4.79 Å². The third-order valence-corrected chi connectivity index (χ3v) is 3.48. The fraction of sp³-hybridized carbons (Fsp3) is 0.278. The fourth-order valence-electron chi connectivity index (χ4n) is 2.25. The van der Waals surface area contributed by atoms with Crippen LogP contribution in [-0.4, -0.2) is 26.7 Å². The third-order valence-electron chi connectivity index (χ3n) is 3.48. The van der Waals surface area contributed by atoms with Crippen molar-refractivity contribution in [3.05, 3.63) is 65.2 Å². The molecule has 1 N–H and O–H groups in total. The molecule has 4 nitrogen and oxygen atoms in total. The van der Waals surface area contributed by atoms with E-state index in [2.05, 4.69) is 5.32 Å². The van der Waals surface area contributed by atoms with Gasteiger partial charge in [0, 0.05) is 19.2 Å². The fourth-order valence-corrected chi connectivity index (χ4v) is 2.25. The van der Waals surface area contributed by atoms with Crippen molar-refractivity contribution >= 4 is 5.91 Å². The van der Waals surface area contributed by atoms with Gasteiger partial charge in [0.2, 0.25) is 0 Å². The molecule has 0 aliphatic carbocycles. The van der Waals surface area contributed by atoms with Crippen LogP contribution in [0, 0.1) is 6.92 Å². The summed E-state index contributed by atoms with van der Waals surface area (Å²) in [7, 11) is 3.25. The number of hydrogen-bond donors (Lipinski definition) is 1. The molecule has 1 amide bonds. The Kier molecular flexibility index (Phi) is 5.55. The van der Waals surface area contributed by atoms with Gasteiger partial charge in [0.25, 0.3) is 5.91 Å². The summed E-state index contributed by atoms with van der Waals surface area (Å²) in [5, 5.41) is 2.91. The van der Waals surface area contributed by atoms with E-state index in [4.69, 9.17) is 9.47 Å². The quantitative estimate of drug-likeness (QED) is 0.891. The van der Waals surface area contributed by atoms with Crippen molar-refractivity contribution in [3.8, 4) is 5.75 Å². The predicted octanol–water partition coefficient (Wildman–Crippen LogP) is 3.12. The number of amides is 1. The van der Waals surface area contributed by atoms with Gasteiger partial charge < -0.3 is 14.8 Å². The highest BCUT2D eigenvalue weighted by Crippen LogP contribution is 2.21. The van der Waals surface area contributed by atoms with Crippen LogP contribution in [0.1, 0.15) is 27.6 Å². The molecule has 1 unspecified atom stereocenters. The largest absolute Gasteiger partial charge is 0.497 e. The maximum absolute atomic E-state index is 12.2. The Morgan fingerprint density at radius 1 is 1.14 bits per heavy atom. The first-order valence-corrected chi connectivity index (χ1v) is 7.15. The highest BCUT2D eigenvalue weighted by atomic mass is 16.5. The van der Waals surface area contributed by atoms with Gasteiger partial charge in [0.05, 0.1) is 13.2 Å². The van der Waals surface area contributed by atoms with Gasteiger partial charge in [-0.1, -0.05) is 29.8 Å². The first-order chi connectivity index (χ1) is 10.6. The van der Waals surface area contributed by atoms with E-state index >= 15 is 0 Å². The molecule has 0 saturated carbocycles. The molecule has 116 valence electrons. The molecule has 4 heteroatoms. The number of rotatable bonds is 6. The summed E-state index contributed by atoms with van der Waals surface area (Å²) in [5.41, 5.74) is 2.68. The Hall–Kier alpha value is -2.33. The van der Waals surface area contributed by atoms with E-state index < -0.39 is 0 Å². The second-order valence-electron chi connectivity index (χ2n) is 5.08. The molecule has 0 saturated heterocycles. The lowest BCUT2D eigenvalue weighted by atomic mass is 10.1. The Morgan fingerprint density at radius 3 is 2.59 bits per heavy atom. The van der Waals surface area contributed by atoms with Crippen molar-refractivity contribution in [1.82, 2.24) is 5.32 Å². The highest BCUT2D eigenvalue weighted by molar-refractivity contribution is 5.94. The number of carbonyl (C=O) groups excluding carboxylic acids is 1. The van der Waals surface area contributed by atoms with Crippen LogP contribution >= 0.6 is 0 Å². The smallest absolute Gasteiger partial charge is 0.251 e. The molecule has 0 heterocycles. The lowest BCUT2D eigenvalue weighted by molar-refractivity contribution is 0.0827. The van der Waals surface area contributed by atoms with Gasteiger partial charge in [-0.15, -0.1) is 0 Å². The van der Waals surface area contributed by atoms with Crippen molar-refractivity contribution in [2.75, 3.05) is 20.8 Å². The minimum Gasteiger partial charge on any atom is -0.497 e. The van der Waals surface area contributed by atoms with Gasteiger partial charge in [0.15, 0.2) is 0 Å². The molecule has 0 aliphatic rings. The Bertz CT molecular complexity index is 640. The van der Waals surface area contributed by atoms with Crippen molar-refractivity contribution in [2.24, 2.45) is 0 Å². The van der Waals surface area contributed by atoms with Crippen molar-refractivity contribution < 1.29 is 14.3 Å². The molecule has 0 aromatic heterocycles. The number of benzene rings is 2. The van der Waals surface area contributed by atoms with E-state index in [0.29, 0.717) is 12.1 Å². The lowest BCUT2D eigenvalue weighted by Gasteiger charge is -2.17. The SMILES string of the molecule is COc1cccc(C(CNC(=O)c2cccc(C)c2)OC)c1. The standard InChI is InChI=1S/C18H21NO3/c1-13-6-4-8-15(10-13)18(20)19-12-17(22-3)14-7-5-9-16(11-14)21-2/h4-11,17H,12H2,1-3H3,(H,19,20). The maximum atomic E-state index is 12.2. The van der Waals surface area contributed by atoms with E-state index in [9.17, 15) is 4.79 Å². The monoisotopic (exact) mass is 299 g/mol. The molecule has 2 aromatic carbocycles. The number of ether oxygens (including phenoxy) is 2. The molecule has 1 atom stereocenters. The van der Waals surface area contributed by atoms with Crippen LogP contribution in [0.4, 0.5) is 0 Å². The lowest BCUT2D eigenvalue weighted by Crippen LogP contribution is -2.29. The van der Waals surface area contributed by atoms with Gasteiger partial charge in [-0.2, -0.15) is 0 Å². The van der Waals surface area contributed by atoms with Crippen LogP contribution in [0.2, 0.25) is 0 Å². The van der Waals surface area contributed by atoms with Gasteiger partial charge in [0.1, 0.15) is 5.75 Å². The molecule has 0 radical (unpaired) electrons. The van der Waals surface area contributed by atoms with Crippen molar-refractivity contribution in [1.29, 1.82) is 0 Å². The Balaban J connectivity index is 2.03. The summed E-state index contributed by atoms with van der Waals surface area (Å²) in [4.78, 5) is 12.2. The average Bonchev–Trinajstić information content (AvgIpc) is 2.55. The van der Waals surface area contributed by atoms with Crippen molar-refractivity contribution in [2.45, 2.75) is 13.0 Å². The molecule has 22 heavy (non-hydrogen) atoms. The van der Waals surface area contributed by atoms with E-state index in [1.165, 1.54) is 0 Å². The van der Waals surface area contributed by atoms with Crippen molar-refractivity contribution in [3.63, 3.8) is 0 Å². The van der Waals surface area contributed by atoms with Crippen LogP contribution in [0.25, 0.3) is 0 Å². The van der Waals surface area contributed by atoms with E-state index in [0.717, 1.165) is 16.9 Å². The molecular weight excluding hydrogens is 278 g/mol. The number of aryl methyl sites for hydroxylation is 1. The second-order valence-corrected chi connectivity index (χ2v) is 5.08. The summed E-state index contributed by atoms with van der Waals surface area (Å²) in [6, 6.07) is 15.1. The van der Waals surface area contributed by atoms with Gasteiger partial charge in [-0.05, 0) is 36.8 Å². The zero-order valence-electron chi connectivity index (χ0n) is 13.1. The Morgan fingerprint density at radius 2 is 1.91 bits per heavy atom. The van der Waals surface area contributed by atoms with E-state index in [1.54, 1.807) is 20.3 Å². The van der Waals surface area contributed by atoms with Gasteiger partial charge in [-0.25, -0.2) is 0 Å². The Labute approximate surface area is 131 Å². The van der Waals surface area contributed by atoms with Crippen LogP contribution in [-0.2, 0) is 4.74 Å². The predicted molar refractivity (Wildman–Crippen MR) is 86.3 cm³/mol. The number of hydrogen-bond acceptors (Lipinski definition) is 3. The van der Waals surface area contributed by atoms with E-state index in [-0.39, 0.29) is 12.0 Å². The summed E-state index contributed by atoms with van der Waals surface area (Å²) in [5.74, 6) is 0.665. The molecule has 0 aliphatic heterocycles. The minimum absolute atomic E-state index is 0.103. The molecule has 0 fully saturated rings. The second kappa shape index (κ2) is 7.61. The average molecular weight is 299 g/mol. The zero-order chi connectivity index (χ0) is 15.9. The topological polar surface area (TPSA) is 47.6 Å². The third kappa shape index (κ3) is 4.09. The summed E-state index contributed by atoms with van der Waals surface area (Å²) in [6.07, 6.45) is -0.219. The van der Waals surface area contributed by atoms with Crippen LogP contribution < -0.4 is 10.1 Å². The molecule has 0 bridgehead atoms. The first kappa shape index (κ1) is 16.0.